The van der Waals surface area contributed by atoms with E-state index in [4.69, 9.17) is 5.73 Å². The van der Waals surface area contributed by atoms with Gasteiger partial charge in [0.25, 0.3) is 5.91 Å². The number of carbonyl (C=O) groups is 1. The number of nitrogens with zero attached hydrogens (tertiary/aromatic N) is 1. The number of anilines is 1. The highest BCUT2D eigenvalue weighted by Gasteiger charge is 2.19. The Morgan fingerprint density at radius 3 is 3.11 bits per heavy atom. The second-order valence-electron chi connectivity index (χ2n) is 5.38. The zero-order valence-corrected chi connectivity index (χ0v) is 10.9. The number of hydrogen-bond acceptors (Lipinski definition) is 3. The SMILES string of the molecule is CC1CCCC(CCNC(=O)c2[nH]ncc2N)C1. The Morgan fingerprint density at radius 1 is 1.61 bits per heavy atom. The van der Waals surface area contributed by atoms with Gasteiger partial charge in [-0.15, -0.1) is 0 Å². The molecule has 0 aliphatic heterocycles. The summed E-state index contributed by atoms with van der Waals surface area (Å²) in [5, 5.41) is 9.25. The van der Waals surface area contributed by atoms with Gasteiger partial charge < -0.3 is 11.1 Å². The van der Waals surface area contributed by atoms with Crippen molar-refractivity contribution in [3.8, 4) is 0 Å². The third-order valence-corrected chi connectivity index (χ3v) is 3.78. The number of rotatable bonds is 4. The molecule has 0 spiro atoms. The van der Waals surface area contributed by atoms with Crippen molar-refractivity contribution in [1.29, 1.82) is 0 Å². The van der Waals surface area contributed by atoms with Crippen molar-refractivity contribution < 1.29 is 4.79 Å². The molecule has 1 aliphatic carbocycles. The summed E-state index contributed by atoms with van der Waals surface area (Å²) in [7, 11) is 0. The Balaban J connectivity index is 1.72. The third kappa shape index (κ3) is 3.24. The molecule has 2 unspecified atom stereocenters. The van der Waals surface area contributed by atoms with Crippen molar-refractivity contribution in [2.75, 3.05) is 12.3 Å². The summed E-state index contributed by atoms with van der Waals surface area (Å²) in [5.74, 6) is 1.43. The van der Waals surface area contributed by atoms with Gasteiger partial charge in [-0.2, -0.15) is 5.10 Å². The van der Waals surface area contributed by atoms with Crippen molar-refractivity contribution >= 4 is 11.6 Å². The fourth-order valence-corrected chi connectivity index (χ4v) is 2.78. The first-order valence-electron chi connectivity index (χ1n) is 6.74. The number of hydrogen-bond donors (Lipinski definition) is 3. The van der Waals surface area contributed by atoms with E-state index in [0.29, 0.717) is 17.9 Å². The number of H-pyrrole nitrogens is 1. The molecule has 4 N–H and O–H groups in total. The van der Waals surface area contributed by atoms with Crippen LogP contribution in [0, 0.1) is 11.8 Å². The van der Waals surface area contributed by atoms with Crippen LogP contribution in [-0.2, 0) is 0 Å². The fourth-order valence-electron chi connectivity index (χ4n) is 2.78. The molecule has 0 saturated heterocycles. The molecular weight excluding hydrogens is 228 g/mol. The van der Waals surface area contributed by atoms with Crippen LogP contribution in [0.25, 0.3) is 0 Å². The molecule has 1 amide bonds. The first kappa shape index (κ1) is 12.9. The molecule has 1 saturated carbocycles. The largest absolute Gasteiger partial charge is 0.396 e. The Labute approximate surface area is 108 Å². The Hall–Kier alpha value is -1.52. The van der Waals surface area contributed by atoms with E-state index in [0.717, 1.165) is 18.3 Å². The van der Waals surface area contributed by atoms with Gasteiger partial charge in [-0.3, -0.25) is 9.89 Å². The predicted molar refractivity (Wildman–Crippen MR) is 71.1 cm³/mol. The molecule has 1 aliphatic rings. The van der Waals surface area contributed by atoms with Gasteiger partial charge in [0.15, 0.2) is 0 Å². The molecular formula is C13H22N4O. The van der Waals surface area contributed by atoms with E-state index >= 15 is 0 Å². The highest BCUT2D eigenvalue weighted by molar-refractivity contribution is 5.96. The van der Waals surface area contributed by atoms with Crippen LogP contribution < -0.4 is 11.1 Å². The molecule has 1 aromatic rings. The van der Waals surface area contributed by atoms with E-state index < -0.39 is 0 Å². The molecule has 2 rings (SSSR count). The maximum absolute atomic E-state index is 11.8. The number of carbonyl (C=O) groups excluding carboxylic acids is 1. The van der Waals surface area contributed by atoms with Gasteiger partial charge in [0, 0.05) is 6.54 Å². The van der Waals surface area contributed by atoms with Crippen LogP contribution in [0.15, 0.2) is 6.20 Å². The standard InChI is InChI=1S/C13H22N4O/c1-9-3-2-4-10(7-9)5-6-15-13(18)12-11(14)8-16-17-12/h8-10H,2-7,14H2,1H3,(H,15,18)(H,16,17). The topological polar surface area (TPSA) is 83.8 Å². The van der Waals surface area contributed by atoms with Gasteiger partial charge in [-0.05, 0) is 24.7 Å². The molecule has 100 valence electrons. The highest BCUT2D eigenvalue weighted by Crippen LogP contribution is 2.30. The van der Waals surface area contributed by atoms with E-state index in [9.17, 15) is 4.79 Å². The van der Waals surface area contributed by atoms with Gasteiger partial charge >= 0.3 is 0 Å². The molecule has 5 nitrogen and oxygen atoms in total. The number of nitrogens with two attached hydrogens (primary N) is 1. The lowest BCUT2D eigenvalue weighted by molar-refractivity contribution is 0.0945. The zero-order valence-electron chi connectivity index (χ0n) is 10.9. The molecule has 1 fully saturated rings. The van der Waals surface area contributed by atoms with Crippen molar-refractivity contribution in [2.24, 2.45) is 11.8 Å². The minimum atomic E-state index is -0.158. The quantitative estimate of drug-likeness (QED) is 0.763. The van der Waals surface area contributed by atoms with Gasteiger partial charge in [-0.25, -0.2) is 0 Å². The number of amides is 1. The second-order valence-corrected chi connectivity index (χ2v) is 5.38. The summed E-state index contributed by atoms with van der Waals surface area (Å²) in [6.07, 6.45) is 7.79. The lowest BCUT2D eigenvalue weighted by atomic mass is 9.81. The summed E-state index contributed by atoms with van der Waals surface area (Å²) >= 11 is 0. The number of nitrogen functional groups attached to an aromatic ring is 1. The molecule has 0 aromatic carbocycles. The monoisotopic (exact) mass is 250 g/mol. The van der Waals surface area contributed by atoms with Crippen molar-refractivity contribution in [1.82, 2.24) is 15.5 Å². The number of aromatic amines is 1. The zero-order chi connectivity index (χ0) is 13.0. The first-order chi connectivity index (χ1) is 8.66. The lowest BCUT2D eigenvalue weighted by Crippen LogP contribution is -2.28. The molecule has 2 atom stereocenters. The third-order valence-electron chi connectivity index (χ3n) is 3.78. The second kappa shape index (κ2) is 5.89. The maximum Gasteiger partial charge on any atom is 0.271 e. The molecule has 0 bridgehead atoms. The van der Waals surface area contributed by atoms with Gasteiger partial charge in [0.2, 0.25) is 0 Å². The number of aromatic nitrogens is 2. The predicted octanol–water partition coefficient (Wildman–Crippen LogP) is 1.94. The normalized spacial score (nSPS) is 23.8. The van der Waals surface area contributed by atoms with Crippen molar-refractivity contribution in [2.45, 2.75) is 39.0 Å². The minimum absolute atomic E-state index is 0.158. The van der Waals surface area contributed by atoms with Crippen LogP contribution >= 0.6 is 0 Å². The van der Waals surface area contributed by atoms with Crippen LogP contribution in [0.1, 0.15) is 49.5 Å². The smallest absolute Gasteiger partial charge is 0.271 e. The summed E-state index contributed by atoms with van der Waals surface area (Å²) in [4.78, 5) is 11.8. The molecule has 1 heterocycles. The van der Waals surface area contributed by atoms with E-state index in [2.05, 4.69) is 22.4 Å². The Morgan fingerprint density at radius 2 is 2.44 bits per heavy atom. The first-order valence-corrected chi connectivity index (χ1v) is 6.74. The van der Waals surface area contributed by atoms with E-state index in [-0.39, 0.29) is 5.91 Å². The molecule has 0 radical (unpaired) electrons. The molecule has 18 heavy (non-hydrogen) atoms. The highest BCUT2D eigenvalue weighted by atomic mass is 16.1. The average molecular weight is 250 g/mol. The average Bonchev–Trinajstić information content (AvgIpc) is 2.75. The summed E-state index contributed by atoms with van der Waals surface area (Å²) in [6, 6.07) is 0. The maximum atomic E-state index is 11.8. The van der Waals surface area contributed by atoms with Crippen LogP contribution in [0.3, 0.4) is 0 Å². The fraction of sp³-hybridized carbons (Fsp3) is 0.692. The van der Waals surface area contributed by atoms with E-state index in [1.165, 1.54) is 31.9 Å². The Kier molecular flexibility index (Phi) is 4.23. The van der Waals surface area contributed by atoms with E-state index in [1.54, 1.807) is 0 Å². The lowest BCUT2D eigenvalue weighted by Gasteiger charge is -2.26. The summed E-state index contributed by atoms with van der Waals surface area (Å²) in [6.45, 7) is 3.03. The van der Waals surface area contributed by atoms with Crippen LogP contribution in [-0.4, -0.2) is 22.6 Å². The summed E-state index contributed by atoms with van der Waals surface area (Å²) < 4.78 is 0. The molecule has 1 aromatic heterocycles. The van der Waals surface area contributed by atoms with Crippen LogP contribution in [0.5, 0.6) is 0 Å². The summed E-state index contributed by atoms with van der Waals surface area (Å²) in [5.41, 5.74) is 6.39. The van der Waals surface area contributed by atoms with Gasteiger partial charge in [0.1, 0.15) is 5.69 Å². The van der Waals surface area contributed by atoms with Crippen LogP contribution in [0.4, 0.5) is 5.69 Å². The van der Waals surface area contributed by atoms with Gasteiger partial charge in [-0.1, -0.05) is 26.2 Å². The molecule has 5 heteroatoms. The van der Waals surface area contributed by atoms with Crippen LogP contribution in [0.2, 0.25) is 0 Å². The van der Waals surface area contributed by atoms with Gasteiger partial charge in [0.05, 0.1) is 11.9 Å². The van der Waals surface area contributed by atoms with E-state index in [1.807, 2.05) is 0 Å². The van der Waals surface area contributed by atoms with Crippen molar-refractivity contribution in [3.63, 3.8) is 0 Å². The van der Waals surface area contributed by atoms with Crippen molar-refractivity contribution in [3.05, 3.63) is 11.9 Å². The number of nitrogens with one attached hydrogen (secondary N) is 2. The minimum Gasteiger partial charge on any atom is -0.396 e. The Bertz CT molecular complexity index is 401.